The van der Waals surface area contributed by atoms with Gasteiger partial charge in [-0.25, -0.2) is 9.97 Å². The van der Waals surface area contributed by atoms with Gasteiger partial charge in [-0.3, -0.25) is 0 Å². The minimum atomic E-state index is -4.54. The van der Waals surface area contributed by atoms with Gasteiger partial charge >= 0.3 is 6.18 Å². The number of hydrogen-bond donors (Lipinski definition) is 2. The molecule has 22 heavy (non-hydrogen) atoms. The molecule has 7 nitrogen and oxygen atoms in total. The zero-order valence-corrected chi connectivity index (χ0v) is 10.8. The number of anilines is 2. The fourth-order valence-electron chi connectivity index (χ4n) is 1.76. The number of aromatic amines is 1. The van der Waals surface area contributed by atoms with Crippen molar-refractivity contribution in [2.45, 2.75) is 6.18 Å². The van der Waals surface area contributed by atoms with Crippen LogP contribution in [0.3, 0.4) is 0 Å². The third kappa shape index (κ3) is 2.85. The number of tetrazole rings is 1. The first-order valence-electron chi connectivity index (χ1n) is 6.04. The Morgan fingerprint density at radius 1 is 1.09 bits per heavy atom. The van der Waals surface area contributed by atoms with Crippen molar-refractivity contribution in [3.8, 4) is 11.4 Å². The average Bonchev–Trinajstić information content (AvgIpc) is 3.01. The van der Waals surface area contributed by atoms with Crippen LogP contribution in [-0.4, -0.2) is 30.6 Å². The summed E-state index contributed by atoms with van der Waals surface area (Å²) in [5, 5.41) is 16.2. The van der Waals surface area contributed by atoms with Crippen molar-refractivity contribution in [3.63, 3.8) is 0 Å². The van der Waals surface area contributed by atoms with Gasteiger partial charge in [0.2, 0.25) is 11.8 Å². The normalized spacial score (nSPS) is 11.4. The Kier molecular flexibility index (Phi) is 3.41. The zero-order chi connectivity index (χ0) is 15.6. The van der Waals surface area contributed by atoms with Crippen molar-refractivity contribution in [1.29, 1.82) is 0 Å². The van der Waals surface area contributed by atoms with E-state index in [4.69, 9.17) is 0 Å². The van der Waals surface area contributed by atoms with E-state index in [1.165, 1.54) is 0 Å². The van der Waals surface area contributed by atoms with Gasteiger partial charge in [0, 0.05) is 11.8 Å². The summed E-state index contributed by atoms with van der Waals surface area (Å²) in [7, 11) is 0. The predicted octanol–water partition coefficient (Wildman–Crippen LogP) is 2.42. The Morgan fingerprint density at radius 3 is 2.64 bits per heavy atom. The monoisotopic (exact) mass is 307 g/mol. The van der Waals surface area contributed by atoms with Crippen molar-refractivity contribution >= 4 is 11.6 Å². The van der Waals surface area contributed by atoms with Gasteiger partial charge in [-0.1, -0.05) is 12.1 Å². The van der Waals surface area contributed by atoms with Crippen LogP contribution >= 0.6 is 0 Å². The quantitative estimate of drug-likeness (QED) is 0.772. The molecule has 0 radical (unpaired) electrons. The van der Waals surface area contributed by atoms with Crippen LogP contribution in [0, 0.1) is 0 Å². The second kappa shape index (κ2) is 5.39. The van der Waals surface area contributed by atoms with Crippen LogP contribution < -0.4 is 5.32 Å². The number of halogens is 3. The van der Waals surface area contributed by atoms with E-state index in [9.17, 15) is 13.2 Å². The minimum Gasteiger partial charge on any atom is -0.323 e. The van der Waals surface area contributed by atoms with Gasteiger partial charge in [0.1, 0.15) is 5.69 Å². The lowest BCUT2D eigenvalue weighted by atomic mass is 10.1. The molecule has 2 heterocycles. The van der Waals surface area contributed by atoms with Crippen LogP contribution in [0.2, 0.25) is 0 Å². The SMILES string of the molecule is FC(F)(F)c1ccnc(Nc2ccccc2-c2nn[nH]n2)n1. The molecular formula is C12H8F3N7. The van der Waals surface area contributed by atoms with Crippen molar-refractivity contribution in [2.24, 2.45) is 0 Å². The van der Waals surface area contributed by atoms with E-state index in [-0.39, 0.29) is 5.95 Å². The highest BCUT2D eigenvalue weighted by Gasteiger charge is 2.32. The summed E-state index contributed by atoms with van der Waals surface area (Å²) >= 11 is 0. The molecule has 0 atom stereocenters. The van der Waals surface area contributed by atoms with Crippen LogP contribution in [-0.2, 0) is 6.18 Å². The Balaban J connectivity index is 1.95. The molecule has 112 valence electrons. The Bertz CT molecular complexity index is 770. The lowest BCUT2D eigenvalue weighted by Gasteiger charge is -2.10. The molecule has 2 aromatic heterocycles. The second-order valence-corrected chi connectivity index (χ2v) is 4.17. The number of nitrogens with zero attached hydrogens (tertiary/aromatic N) is 5. The molecule has 1 aromatic carbocycles. The van der Waals surface area contributed by atoms with Crippen LogP contribution in [0.4, 0.5) is 24.8 Å². The van der Waals surface area contributed by atoms with Crippen molar-refractivity contribution < 1.29 is 13.2 Å². The fourth-order valence-corrected chi connectivity index (χ4v) is 1.76. The fraction of sp³-hybridized carbons (Fsp3) is 0.0833. The molecule has 0 aliphatic heterocycles. The minimum absolute atomic E-state index is 0.175. The highest BCUT2D eigenvalue weighted by molar-refractivity contribution is 5.75. The Hall–Kier alpha value is -3.04. The van der Waals surface area contributed by atoms with Gasteiger partial charge in [-0.15, -0.1) is 10.2 Å². The molecule has 0 saturated carbocycles. The molecule has 0 spiro atoms. The van der Waals surface area contributed by atoms with Gasteiger partial charge in [-0.05, 0) is 23.4 Å². The third-order valence-corrected chi connectivity index (χ3v) is 2.71. The molecule has 0 saturated heterocycles. The number of aromatic nitrogens is 6. The third-order valence-electron chi connectivity index (χ3n) is 2.71. The van der Waals surface area contributed by atoms with E-state index in [2.05, 4.69) is 35.9 Å². The molecule has 0 unspecified atom stereocenters. The maximum Gasteiger partial charge on any atom is 0.433 e. The average molecular weight is 307 g/mol. The summed E-state index contributed by atoms with van der Waals surface area (Å²) < 4.78 is 38.0. The number of para-hydroxylation sites is 1. The van der Waals surface area contributed by atoms with Gasteiger partial charge in [0.05, 0.1) is 5.69 Å². The molecule has 0 aliphatic rings. The number of hydrogen-bond acceptors (Lipinski definition) is 6. The summed E-state index contributed by atoms with van der Waals surface area (Å²) in [5.74, 6) is 0.126. The van der Waals surface area contributed by atoms with Gasteiger partial charge in [0.25, 0.3) is 0 Å². The molecule has 3 aromatic rings. The Labute approximate surface area is 121 Å². The first kappa shape index (κ1) is 13.9. The van der Waals surface area contributed by atoms with E-state index in [0.717, 1.165) is 12.3 Å². The van der Waals surface area contributed by atoms with E-state index in [1.807, 2.05) is 0 Å². The summed E-state index contributed by atoms with van der Waals surface area (Å²) in [6, 6.07) is 7.59. The molecule has 0 fully saturated rings. The lowest BCUT2D eigenvalue weighted by molar-refractivity contribution is -0.141. The predicted molar refractivity (Wildman–Crippen MR) is 69.9 cm³/mol. The maximum atomic E-state index is 12.7. The number of rotatable bonds is 3. The summed E-state index contributed by atoms with van der Waals surface area (Å²) in [6.07, 6.45) is -3.50. The van der Waals surface area contributed by atoms with E-state index >= 15 is 0 Å². The van der Waals surface area contributed by atoms with E-state index in [0.29, 0.717) is 17.1 Å². The summed E-state index contributed by atoms with van der Waals surface area (Å²) in [5.41, 5.74) is -0.0115. The van der Waals surface area contributed by atoms with Crippen LogP contribution in [0.5, 0.6) is 0 Å². The van der Waals surface area contributed by atoms with Crippen LogP contribution in [0.1, 0.15) is 5.69 Å². The van der Waals surface area contributed by atoms with Gasteiger partial charge in [-0.2, -0.15) is 18.4 Å². The summed E-state index contributed by atoms with van der Waals surface area (Å²) in [4.78, 5) is 7.23. The molecule has 0 amide bonds. The highest BCUT2D eigenvalue weighted by Crippen LogP contribution is 2.29. The molecule has 3 rings (SSSR count). The first-order chi connectivity index (χ1) is 10.5. The molecule has 0 bridgehead atoms. The van der Waals surface area contributed by atoms with Crippen molar-refractivity contribution in [2.75, 3.05) is 5.32 Å². The van der Waals surface area contributed by atoms with Crippen molar-refractivity contribution in [1.82, 2.24) is 30.6 Å². The largest absolute Gasteiger partial charge is 0.433 e. The number of benzene rings is 1. The van der Waals surface area contributed by atoms with Crippen LogP contribution in [0.15, 0.2) is 36.5 Å². The highest BCUT2D eigenvalue weighted by atomic mass is 19.4. The number of H-pyrrole nitrogens is 1. The molecule has 0 aliphatic carbocycles. The number of nitrogens with one attached hydrogen (secondary N) is 2. The Morgan fingerprint density at radius 2 is 1.91 bits per heavy atom. The molecule has 2 N–H and O–H groups in total. The van der Waals surface area contributed by atoms with Gasteiger partial charge < -0.3 is 5.32 Å². The topological polar surface area (TPSA) is 92.3 Å². The smallest absolute Gasteiger partial charge is 0.323 e. The lowest BCUT2D eigenvalue weighted by Crippen LogP contribution is -2.10. The van der Waals surface area contributed by atoms with E-state index < -0.39 is 11.9 Å². The summed E-state index contributed by atoms with van der Waals surface area (Å²) in [6.45, 7) is 0. The second-order valence-electron chi connectivity index (χ2n) is 4.17. The molecule has 10 heteroatoms. The van der Waals surface area contributed by atoms with Crippen molar-refractivity contribution in [3.05, 3.63) is 42.2 Å². The maximum absolute atomic E-state index is 12.7. The number of alkyl halides is 3. The van der Waals surface area contributed by atoms with E-state index in [1.54, 1.807) is 24.3 Å². The first-order valence-corrected chi connectivity index (χ1v) is 6.04. The zero-order valence-electron chi connectivity index (χ0n) is 10.8. The van der Waals surface area contributed by atoms with Crippen LogP contribution in [0.25, 0.3) is 11.4 Å². The standard InChI is InChI=1S/C12H8F3N7/c13-12(14,15)9-5-6-16-11(18-9)17-8-4-2-1-3-7(8)10-19-21-22-20-10/h1-6H,(H,16,17,18)(H,19,20,21,22). The molecular weight excluding hydrogens is 299 g/mol. The van der Waals surface area contributed by atoms with Gasteiger partial charge in [0.15, 0.2) is 0 Å².